The molecule has 0 N–H and O–H groups in total. The van der Waals surface area contributed by atoms with Crippen molar-refractivity contribution in [2.24, 2.45) is 4.99 Å². The van der Waals surface area contributed by atoms with Crippen LogP contribution in [0.1, 0.15) is 34.3 Å². The van der Waals surface area contributed by atoms with Crippen molar-refractivity contribution >= 4 is 27.5 Å². The summed E-state index contributed by atoms with van der Waals surface area (Å²) in [7, 11) is 3.32. The third-order valence-electron chi connectivity index (χ3n) is 5.20. The SMILES string of the molecule is COCCn1c(=NC(=O)c2ccc3c(c2)CCCC3)sc2cccc(OC)c21. The Kier molecular flexibility index (Phi) is 5.59. The first-order valence-electron chi connectivity index (χ1n) is 9.57. The first-order valence-corrected chi connectivity index (χ1v) is 10.4. The maximum atomic E-state index is 12.9. The van der Waals surface area contributed by atoms with Crippen molar-refractivity contribution in [3.8, 4) is 5.75 Å². The highest BCUT2D eigenvalue weighted by atomic mass is 32.1. The van der Waals surface area contributed by atoms with Gasteiger partial charge in [0.2, 0.25) is 0 Å². The molecular weight excluding hydrogens is 372 g/mol. The number of thiazole rings is 1. The topological polar surface area (TPSA) is 52.8 Å². The molecule has 3 aromatic rings. The van der Waals surface area contributed by atoms with Crippen LogP contribution < -0.4 is 9.54 Å². The maximum absolute atomic E-state index is 12.9. The van der Waals surface area contributed by atoms with Gasteiger partial charge < -0.3 is 14.0 Å². The zero-order chi connectivity index (χ0) is 19.5. The van der Waals surface area contributed by atoms with Crippen LogP contribution in [0, 0.1) is 0 Å². The van der Waals surface area contributed by atoms with Gasteiger partial charge in [0, 0.05) is 19.2 Å². The van der Waals surface area contributed by atoms with Gasteiger partial charge in [0.1, 0.15) is 11.3 Å². The second-order valence-corrected chi connectivity index (χ2v) is 7.95. The summed E-state index contributed by atoms with van der Waals surface area (Å²) in [5.41, 5.74) is 4.26. The molecule has 1 aliphatic rings. The van der Waals surface area contributed by atoms with Gasteiger partial charge in [-0.3, -0.25) is 4.79 Å². The summed E-state index contributed by atoms with van der Waals surface area (Å²) < 4.78 is 13.8. The number of aromatic nitrogens is 1. The van der Waals surface area contributed by atoms with Crippen LogP contribution >= 0.6 is 11.3 Å². The number of para-hydroxylation sites is 1. The van der Waals surface area contributed by atoms with Gasteiger partial charge in [0.15, 0.2) is 4.80 Å². The third-order valence-corrected chi connectivity index (χ3v) is 6.24. The fourth-order valence-electron chi connectivity index (χ4n) is 3.76. The Morgan fingerprint density at radius 2 is 1.96 bits per heavy atom. The van der Waals surface area contributed by atoms with E-state index >= 15 is 0 Å². The number of amides is 1. The van der Waals surface area contributed by atoms with E-state index in [9.17, 15) is 4.79 Å². The first kappa shape index (κ1) is 18.9. The van der Waals surface area contributed by atoms with Crippen molar-refractivity contribution < 1.29 is 14.3 Å². The van der Waals surface area contributed by atoms with Crippen LogP contribution in [0.25, 0.3) is 10.2 Å². The fourth-order valence-corrected chi connectivity index (χ4v) is 4.83. The van der Waals surface area contributed by atoms with Gasteiger partial charge in [-0.05, 0) is 61.1 Å². The normalized spacial score (nSPS) is 14.3. The van der Waals surface area contributed by atoms with Crippen molar-refractivity contribution in [1.29, 1.82) is 0 Å². The van der Waals surface area contributed by atoms with Gasteiger partial charge in [-0.15, -0.1) is 0 Å². The summed E-state index contributed by atoms with van der Waals surface area (Å²) in [6, 6.07) is 11.9. The second kappa shape index (κ2) is 8.29. The van der Waals surface area contributed by atoms with E-state index in [4.69, 9.17) is 9.47 Å². The van der Waals surface area contributed by atoms with Gasteiger partial charge in [0.05, 0.1) is 18.4 Å². The van der Waals surface area contributed by atoms with E-state index < -0.39 is 0 Å². The minimum absolute atomic E-state index is 0.204. The average molecular weight is 397 g/mol. The summed E-state index contributed by atoms with van der Waals surface area (Å²) >= 11 is 1.50. The van der Waals surface area contributed by atoms with Gasteiger partial charge in [-0.1, -0.05) is 23.5 Å². The number of carbonyl (C=O) groups is 1. The second-order valence-electron chi connectivity index (χ2n) is 6.94. The fraction of sp³-hybridized carbons (Fsp3) is 0.364. The van der Waals surface area contributed by atoms with Crippen molar-refractivity contribution in [3.63, 3.8) is 0 Å². The highest BCUT2D eigenvalue weighted by Gasteiger charge is 2.15. The van der Waals surface area contributed by atoms with E-state index in [1.54, 1.807) is 14.2 Å². The summed E-state index contributed by atoms with van der Waals surface area (Å²) in [5, 5.41) is 0. The van der Waals surface area contributed by atoms with Crippen LogP contribution in [-0.4, -0.2) is 31.3 Å². The van der Waals surface area contributed by atoms with Crippen LogP contribution in [0.15, 0.2) is 41.4 Å². The number of hydrogen-bond donors (Lipinski definition) is 0. The number of hydrogen-bond acceptors (Lipinski definition) is 4. The minimum Gasteiger partial charge on any atom is -0.495 e. The quantitative estimate of drug-likeness (QED) is 0.656. The number of carbonyl (C=O) groups excluding carboxylic acids is 1. The molecule has 1 aromatic heterocycles. The molecule has 0 unspecified atom stereocenters. The van der Waals surface area contributed by atoms with Gasteiger partial charge >= 0.3 is 0 Å². The van der Waals surface area contributed by atoms with Crippen molar-refractivity contribution in [2.75, 3.05) is 20.8 Å². The standard InChI is InChI=1S/C22H24N2O3S/c1-26-13-12-24-20-18(27-2)8-5-9-19(20)28-22(24)23-21(25)17-11-10-15-6-3-4-7-16(15)14-17/h5,8-11,14H,3-4,6-7,12-13H2,1-2H3. The molecule has 2 aromatic carbocycles. The Morgan fingerprint density at radius 3 is 2.75 bits per heavy atom. The monoisotopic (exact) mass is 396 g/mol. The molecule has 0 spiro atoms. The Bertz CT molecular complexity index is 1080. The Balaban J connectivity index is 1.79. The average Bonchev–Trinajstić information content (AvgIpc) is 3.08. The van der Waals surface area contributed by atoms with E-state index in [0.717, 1.165) is 28.8 Å². The molecule has 5 nitrogen and oxygen atoms in total. The highest BCUT2D eigenvalue weighted by molar-refractivity contribution is 7.16. The number of ether oxygens (including phenoxy) is 2. The van der Waals surface area contributed by atoms with Crippen molar-refractivity contribution in [3.05, 3.63) is 57.9 Å². The summed E-state index contributed by atoms with van der Waals surface area (Å²) in [6.45, 7) is 1.14. The molecule has 0 saturated carbocycles. The minimum atomic E-state index is -0.204. The molecule has 0 atom stereocenters. The molecule has 0 saturated heterocycles. The lowest BCUT2D eigenvalue weighted by Gasteiger charge is -2.15. The molecule has 0 aliphatic heterocycles. The summed E-state index contributed by atoms with van der Waals surface area (Å²) in [4.78, 5) is 18.1. The highest BCUT2D eigenvalue weighted by Crippen LogP contribution is 2.27. The first-order chi connectivity index (χ1) is 13.7. The molecule has 0 bridgehead atoms. The predicted octanol–water partition coefficient (Wildman–Crippen LogP) is 3.98. The molecule has 1 aliphatic carbocycles. The number of benzene rings is 2. The number of rotatable bonds is 5. The number of aryl methyl sites for hydroxylation is 2. The molecule has 0 fully saturated rings. The van der Waals surface area contributed by atoms with Gasteiger partial charge in [-0.25, -0.2) is 0 Å². The maximum Gasteiger partial charge on any atom is 0.279 e. The lowest BCUT2D eigenvalue weighted by atomic mass is 9.90. The number of nitrogens with zero attached hydrogens (tertiary/aromatic N) is 2. The Hall–Kier alpha value is -2.44. The predicted molar refractivity (Wildman–Crippen MR) is 111 cm³/mol. The molecule has 1 heterocycles. The van der Waals surface area contributed by atoms with Gasteiger partial charge in [0.25, 0.3) is 5.91 Å². The summed E-state index contributed by atoms with van der Waals surface area (Å²) in [5.74, 6) is 0.567. The van der Waals surface area contributed by atoms with Crippen LogP contribution in [-0.2, 0) is 24.1 Å². The lowest BCUT2D eigenvalue weighted by Crippen LogP contribution is -2.19. The Labute approximate surface area is 168 Å². The van der Waals surface area contributed by atoms with E-state index in [0.29, 0.717) is 23.5 Å². The van der Waals surface area contributed by atoms with Crippen LogP contribution in [0.3, 0.4) is 0 Å². The molecule has 146 valence electrons. The zero-order valence-electron chi connectivity index (χ0n) is 16.2. The van der Waals surface area contributed by atoms with E-state index in [1.165, 1.54) is 35.3 Å². The van der Waals surface area contributed by atoms with E-state index in [-0.39, 0.29) is 5.91 Å². The molecular formula is C22H24N2O3S. The largest absolute Gasteiger partial charge is 0.495 e. The van der Waals surface area contributed by atoms with Gasteiger partial charge in [-0.2, -0.15) is 4.99 Å². The zero-order valence-corrected chi connectivity index (χ0v) is 17.1. The molecule has 6 heteroatoms. The number of fused-ring (bicyclic) bond motifs is 2. The molecule has 1 amide bonds. The van der Waals surface area contributed by atoms with Crippen LogP contribution in [0.2, 0.25) is 0 Å². The number of methoxy groups -OCH3 is 2. The Morgan fingerprint density at radius 1 is 1.14 bits per heavy atom. The summed E-state index contributed by atoms with van der Waals surface area (Å²) in [6.07, 6.45) is 4.57. The third kappa shape index (κ3) is 3.62. The lowest BCUT2D eigenvalue weighted by molar-refractivity contribution is 0.0997. The van der Waals surface area contributed by atoms with Crippen LogP contribution in [0.5, 0.6) is 5.75 Å². The molecule has 4 rings (SSSR count). The van der Waals surface area contributed by atoms with E-state index in [2.05, 4.69) is 11.1 Å². The smallest absolute Gasteiger partial charge is 0.279 e. The van der Waals surface area contributed by atoms with Crippen LogP contribution in [0.4, 0.5) is 0 Å². The van der Waals surface area contributed by atoms with Crippen molar-refractivity contribution in [2.45, 2.75) is 32.2 Å². The van der Waals surface area contributed by atoms with E-state index in [1.807, 2.05) is 34.9 Å². The van der Waals surface area contributed by atoms with Crippen molar-refractivity contribution in [1.82, 2.24) is 4.57 Å². The molecule has 0 radical (unpaired) electrons. The molecule has 28 heavy (non-hydrogen) atoms.